The Morgan fingerprint density at radius 3 is 2.81 bits per heavy atom. The molecule has 3 heterocycles. The van der Waals surface area contributed by atoms with Crippen LogP contribution < -0.4 is 0 Å². The lowest BCUT2D eigenvalue weighted by Crippen LogP contribution is -2.38. The molecular weight excluding hydrogens is 331 g/mol. The number of hydrogen-bond acceptors (Lipinski definition) is 3. The Kier molecular flexibility index (Phi) is 4.41. The quantitative estimate of drug-likeness (QED) is 0.728. The molecule has 0 radical (unpaired) electrons. The molecule has 0 spiro atoms. The van der Waals surface area contributed by atoms with E-state index in [1.165, 1.54) is 12.1 Å². The van der Waals surface area contributed by atoms with E-state index < -0.39 is 0 Å². The minimum atomic E-state index is -0.301. The summed E-state index contributed by atoms with van der Waals surface area (Å²) in [4.78, 5) is 18.8. The van der Waals surface area contributed by atoms with Crippen LogP contribution in [0.5, 0.6) is 0 Å². The van der Waals surface area contributed by atoms with E-state index in [0.717, 1.165) is 35.1 Å². The average molecular weight is 352 g/mol. The number of aryl methyl sites for hydroxylation is 1. The van der Waals surface area contributed by atoms with Gasteiger partial charge < -0.3 is 4.90 Å². The third kappa shape index (κ3) is 3.19. The van der Waals surface area contributed by atoms with Gasteiger partial charge in [0.15, 0.2) is 5.65 Å². The van der Waals surface area contributed by atoms with Crippen LogP contribution in [0.15, 0.2) is 42.6 Å². The van der Waals surface area contributed by atoms with Gasteiger partial charge in [-0.05, 0) is 42.7 Å². The van der Waals surface area contributed by atoms with Crippen molar-refractivity contribution in [2.45, 2.75) is 25.2 Å². The van der Waals surface area contributed by atoms with E-state index in [1.54, 1.807) is 18.3 Å². The maximum atomic E-state index is 13.3. The number of pyridine rings is 1. The fourth-order valence-electron chi connectivity index (χ4n) is 3.75. The molecule has 0 bridgehead atoms. The van der Waals surface area contributed by atoms with Crippen LogP contribution in [0.1, 0.15) is 30.0 Å². The Bertz CT molecular complexity index is 944. The molecule has 0 unspecified atom stereocenters. The number of carbonyl (C=O) groups excluding carboxylic acids is 1. The lowest BCUT2D eigenvalue weighted by molar-refractivity contribution is -0.131. The number of carbonyl (C=O) groups is 1. The lowest BCUT2D eigenvalue weighted by Gasteiger charge is -2.31. The molecule has 1 amide bonds. The third-order valence-electron chi connectivity index (χ3n) is 5.11. The van der Waals surface area contributed by atoms with Gasteiger partial charge in [0.25, 0.3) is 0 Å². The molecule has 0 atom stereocenters. The van der Waals surface area contributed by atoms with E-state index in [9.17, 15) is 9.18 Å². The number of aromatic nitrogens is 3. The van der Waals surface area contributed by atoms with Crippen molar-refractivity contribution < 1.29 is 9.18 Å². The molecule has 1 aliphatic rings. The molecule has 1 fully saturated rings. The first-order valence-corrected chi connectivity index (χ1v) is 8.91. The number of piperidine rings is 1. The molecular formula is C20H21FN4O. The maximum Gasteiger partial charge on any atom is 0.226 e. The molecule has 0 saturated carbocycles. The van der Waals surface area contributed by atoms with E-state index in [4.69, 9.17) is 0 Å². The van der Waals surface area contributed by atoms with E-state index in [2.05, 4.69) is 16.1 Å². The van der Waals surface area contributed by atoms with Crippen molar-refractivity contribution in [3.05, 3.63) is 59.7 Å². The predicted molar refractivity (Wildman–Crippen MR) is 97.2 cm³/mol. The molecule has 4 rings (SSSR count). The number of halogens is 1. The number of likely N-dealkylation sites (tertiary alicyclic amines) is 1. The van der Waals surface area contributed by atoms with E-state index in [0.29, 0.717) is 19.0 Å². The smallest absolute Gasteiger partial charge is 0.226 e. The first-order valence-electron chi connectivity index (χ1n) is 8.91. The van der Waals surface area contributed by atoms with Crippen LogP contribution >= 0.6 is 0 Å². The highest BCUT2D eigenvalue weighted by Crippen LogP contribution is 2.31. The van der Waals surface area contributed by atoms with Crippen LogP contribution in [0, 0.1) is 5.82 Å². The summed E-state index contributed by atoms with van der Waals surface area (Å²) in [6.07, 6.45) is 3.80. The van der Waals surface area contributed by atoms with Crippen molar-refractivity contribution in [1.82, 2.24) is 19.7 Å². The van der Waals surface area contributed by atoms with E-state index >= 15 is 0 Å². The van der Waals surface area contributed by atoms with Gasteiger partial charge in [0.2, 0.25) is 5.91 Å². The Morgan fingerprint density at radius 2 is 2.04 bits per heavy atom. The van der Waals surface area contributed by atoms with E-state index in [-0.39, 0.29) is 18.1 Å². The summed E-state index contributed by atoms with van der Waals surface area (Å²) in [6.45, 7) is 1.41. The SMILES string of the molecule is Cn1nc(C2CCN(C(=O)Cc3cccc(F)c3)CC2)c2cccnc21. The van der Waals surface area contributed by atoms with Crippen molar-refractivity contribution in [2.75, 3.05) is 13.1 Å². The molecule has 1 aromatic carbocycles. The van der Waals surface area contributed by atoms with Crippen molar-refractivity contribution in [3.8, 4) is 0 Å². The molecule has 2 aromatic heterocycles. The van der Waals surface area contributed by atoms with Crippen molar-refractivity contribution in [2.24, 2.45) is 7.05 Å². The summed E-state index contributed by atoms with van der Waals surface area (Å²) in [5, 5.41) is 5.77. The number of rotatable bonds is 3. The van der Waals surface area contributed by atoms with Gasteiger partial charge in [0.05, 0.1) is 12.1 Å². The highest BCUT2D eigenvalue weighted by Gasteiger charge is 2.27. The van der Waals surface area contributed by atoms with Crippen LogP contribution in [-0.4, -0.2) is 38.7 Å². The fraction of sp³-hybridized carbons (Fsp3) is 0.350. The van der Waals surface area contributed by atoms with Crippen molar-refractivity contribution in [1.29, 1.82) is 0 Å². The number of fused-ring (bicyclic) bond motifs is 1. The zero-order valence-corrected chi connectivity index (χ0v) is 14.7. The largest absolute Gasteiger partial charge is 0.342 e. The first kappa shape index (κ1) is 16.7. The van der Waals surface area contributed by atoms with Gasteiger partial charge in [-0.15, -0.1) is 0 Å². The van der Waals surface area contributed by atoms with Crippen LogP contribution in [0.2, 0.25) is 0 Å². The van der Waals surface area contributed by atoms with Gasteiger partial charge >= 0.3 is 0 Å². The molecule has 134 valence electrons. The molecule has 0 N–H and O–H groups in total. The number of benzene rings is 1. The Morgan fingerprint density at radius 1 is 1.23 bits per heavy atom. The second-order valence-corrected chi connectivity index (χ2v) is 6.85. The van der Waals surface area contributed by atoms with Gasteiger partial charge in [-0.1, -0.05) is 12.1 Å². The van der Waals surface area contributed by atoms with Crippen LogP contribution in [0.25, 0.3) is 11.0 Å². The first-order chi connectivity index (χ1) is 12.6. The van der Waals surface area contributed by atoms with E-state index in [1.807, 2.05) is 22.7 Å². The lowest BCUT2D eigenvalue weighted by atomic mass is 9.91. The zero-order chi connectivity index (χ0) is 18.1. The summed E-state index contributed by atoms with van der Waals surface area (Å²) < 4.78 is 15.1. The average Bonchev–Trinajstić information content (AvgIpc) is 2.99. The highest BCUT2D eigenvalue weighted by atomic mass is 19.1. The molecule has 5 nitrogen and oxygen atoms in total. The van der Waals surface area contributed by atoms with Crippen molar-refractivity contribution >= 4 is 16.9 Å². The highest BCUT2D eigenvalue weighted by molar-refractivity contribution is 5.80. The fourth-order valence-corrected chi connectivity index (χ4v) is 3.75. The maximum absolute atomic E-state index is 13.3. The molecule has 26 heavy (non-hydrogen) atoms. The van der Waals surface area contributed by atoms with Gasteiger partial charge in [0.1, 0.15) is 5.82 Å². The summed E-state index contributed by atoms with van der Waals surface area (Å²) in [6, 6.07) is 10.3. The monoisotopic (exact) mass is 352 g/mol. The standard InChI is InChI=1S/C20H21FN4O/c1-24-20-17(6-3-9-22-20)19(23-24)15-7-10-25(11-8-15)18(26)13-14-4-2-5-16(21)12-14/h2-6,9,12,15H,7-8,10-11,13H2,1H3. The molecule has 3 aromatic rings. The third-order valence-corrected chi connectivity index (χ3v) is 5.11. The van der Waals surface area contributed by atoms with Gasteiger partial charge in [-0.2, -0.15) is 5.10 Å². The summed E-state index contributed by atoms with van der Waals surface area (Å²) in [5.41, 5.74) is 2.69. The van der Waals surface area contributed by atoms with Crippen molar-refractivity contribution in [3.63, 3.8) is 0 Å². The Labute approximate surface area is 151 Å². The second kappa shape index (κ2) is 6.86. The normalized spacial score (nSPS) is 15.5. The molecule has 1 aliphatic heterocycles. The van der Waals surface area contributed by atoms with Gasteiger partial charge in [0, 0.05) is 37.6 Å². The summed E-state index contributed by atoms with van der Waals surface area (Å²) in [7, 11) is 1.91. The minimum Gasteiger partial charge on any atom is -0.342 e. The Hall–Kier alpha value is -2.76. The summed E-state index contributed by atoms with van der Waals surface area (Å²) >= 11 is 0. The van der Waals surface area contributed by atoms with Crippen LogP contribution in [0.3, 0.4) is 0 Å². The number of amides is 1. The number of nitrogens with zero attached hydrogens (tertiary/aromatic N) is 4. The minimum absolute atomic E-state index is 0.0570. The Balaban J connectivity index is 1.43. The van der Waals surface area contributed by atoms with Gasteiger partial charge in [-0.3, -0.25) is 9.48 Å². The van der Waals surface area contributed by atoms with Crippen LogP contribution in [-0.2, 0) is 18.3 Å². The molecule has 1 saturated heterocycles. The van der Waals surface area contributed by atoms with Gasteiger partial charge in [-0.25, -0.2) is 9.37 Å². The molecule has 6 heteroatoms. The number of hydrogen-bond donors (Lipinski definition) is 0. The second-order valence-electron chi connectivity index (χ2n) is 6.85. The topological polar surface area (TPSA) is 51.0 Å². The zero-order valence-electron chi connectivity index (χ0n) is 14.7. The molecule has 0 aliphatic carbocycles. The predicted octanol–water partition coefficient (Wildman–Crippen LogP) is 3.06. The summed E-state index contributed by atoms with van der Waals surface area (Å²) in [5.74, 6) is 0.0902. The van der Waals surface area contributed by atoms with Crippen LogP contribution in [0.4, 0.5) is 4.39 Å².